The monoisotopic (exact) mass is 390 g/mol. The molecule has 0 radical (unpaired) electrons. The van der Waals surface area contributed by atoms with Gasteiger partial charge in [0.25, 0.3) is 10.0 Å². The Labute approximate surface area is 161 Å². The molecule has 2 aromatic rings. The smallest absolute Gasteiger partial charge is 0.264 e. The van der Waals surface area contributed by atoms with Gasteiger partial charge in [0.2, 0.25) is 5.91 Å². The molecule has 2 aromatic carbocycles. The first kappa shape index (κ1) is 20.8. The Balaban J connectivity index is 2.41. The molecule has 0 aliphatic heterocycles. The number of methoxy groups -OCH3 is 1. The number of ether oxygens (including phenoxy) is 1. The minimum atomic E-state index is -3.91. The van der Waals surface area contributed by atoms with E-state index in [1.807, 2.05) is 20.8 Å². The molecule has 7 heteroatoms. The molecule has 0 heterocycles. The average molecular weight is 391 g/mol. The highest BCUT2D eigenvalue weighted by Crippen LogP contribution is 2.26. The van der Waals surface area contributed by atoms with Gasteiger partial charge < -0.3 is 10.1 Å². The van der Waals surface area contributed by atoms with Gasteiger partial charge in [-0.25, -0.2) is 8.42 Å². The minimum absolute atomic E-state index is 0.0657. The van der Waals surface area contributed by atoms with E-state index in [1.165, 1.54) is 19.2 Å². The normalized spacial score (nSPS) is 12.5. The second-order valence-corrected chi connectivity index (χ2v) is 8.49. The molecule has 0 spiro atoms. The van der Waals surface area contributed by atoms with Crippen molar-refractivity contribution in [2.45, 2.75) is 31.7 Å². The van der Waals surface area contributed by atoms with Crippen LogP contribution in [0.1, 0.15) is 20.8 Å². The van der Waals surface area contributed by atoms with Gasteiger partial charge in [0.05, 0.1) is 17.7 Å². The Morgan fingerprint density at radius 3 is 2.33 bits per heavy atom. The number of hydrogen-bond acceptors (Lipinski definition) is 4. The molecular formula is C20H26N2O4S. The third-order valence-corrected chi connectivity index (χ3v) is 6.14. The van der Waals surface area contributed by atoms with Gasteiger partial charge in [0.15, 0.2) is 0 Å². The molecule has 0 aromatic heterocycles. The number of nitrogens with zero attached hydrogens (tertiary/aromatic N) is 1. The maximum Gasteiger partial charge on any atom is 0.264 e. The highest BCUT2D eigenvalue weighted by atomic mass is 32.2. The van der Waals surface area contributed by atoms with Gasteiger partial charge in [0, 0.05) is 12.1 Å². The lowest BCUT2D eigenvalue weighted by atomic mass is 10.1. The molecule has 1 unspecified atom stereocenters. The van der Waals surface area contributed by atoms with E-state index in [-0.39, 0.29) is 29.3 Å². The summed E-state index contributed by atoms with van der Waals surface area (Å²) in [5, 5.41) is 2.86. The maximum absolute atomic E-state index is 13.2. The summed E-state index contributed by atoms with van der Waals surface area (Å²) in [6.45, 7) is 5.56. The molecule has 0 saturated heterocycles. The summed E-state index contributed by atoms with van der Waals surface area (Å²) in [5.41, 5.74) is 0.366. The van der Waals surface area contributed by atoms with Crippen molar-refractivity contribution in [3.8, 4) is 5.75 Å². The summed E-state index contributed by atoms with van der Waals surface area (Å²) < 4.78 is 32.7. The van der Waals surface area contributed by atoms with Crippen LogP contribution in [-0.2, 0) is 14.8 Å². The number of amides is 1. The van der Waals surface area contributed by atoms with Crippen LogP contribution in [0.5, 0.6) is 5.75 Å². The second-order valence-electron chi connectivity index (χ2n) is 6.63. The molecule has 0 bridgehead atoms. The van der Waals surface area contributed by atoms with E-state index in [2.05, 4.69) is 5.32 Å². The predicted octanol–water partition coefficient (Wildman–Crippen LogP) is 3.05. The van der Waals surface area contributed by atoms with E-state index >= 15 is 0 Å². The zero-order chi connectivity index (χ0) is 20.0. The summed E-state index contributed by atoms with van der Waals surface area (Å²) in [6, 6.07) is 14.6. The maximum atomic E-state index is 13.2. The molecule has 0 aliphatic carbocycles. The highest BCUT2D eigenvalue weighted by Gasteiger charge is 2.28. The van der Waals surface area contributed by atoms with Crippen molar-refractivity contribution in [2.75, 3.05) is 18.0 Å². The standard InChI is InChI=1S/C20H26N2O4S/c1-15(2)16(3)21-20(23)14-22(17-9-8-10-18(13-17)26-4)27(24,25)19-11-6-5-7-12-19/h5-13,15-16H,14H2,1-4H3,(H,21,23). The Kier molecular flexibility index (Phi) is 6.85. The van der Waals surface area contributed by atoms with Gasteiger partial charge >= 0.3 is 0 Å². The van der Waals surface area contributed by atoms with Gasteiger partial charge in [-0.3, -0.25) is 9.10 Å². The van der Waals surface area contributed by atoms with Gasteiger partial charge in [-0.1, -0.05) is 38.1 Å². The Hall–Kier alpha value is -2.54. The fourth-order valence-corrected chi connectivity index (χ4v) is 3.83. The summed E-state index contributed by atoms with van der Waals surface area (Å²) >= 11 is 0. The number of carbonyl (C=O) groups excluding carboxylic acids is 1. The Morgan fingerprint density at radius 1 is 1.07 bits per heavy atom. The third-order valence-electron chi connectivity index (χ3n) is 4.35. The Morgan fingerprint density at radius 2 is 1.74 bits per heavy atom. The molecule has 6 nitrogen and oxygen atoms in total. The molecule has 2 rings (SSSR count). The van der Waals surface area contributed by atoms with Crippen LogP contribution in [0.15, 0.2) is 59.5 Å². The fraction of sp³-hybridized carbons (Fsp3) is 0.350. The van der Waals surface area contributed by atoms with Crippen LogP contribution >= 0.6 is 0 Å². The van der Waals surface area contributed by atoms with Gasteiger partial charge in [-0.2, -0.15) is 0 Å². The molecule has 1 atom stereocenters. The van der Waals surface area contributed by atoms with Crippen LogP contribution < -0.4 is 14.4 Å². The Bertz CT molecular complexity index is 867. The topological polar surface area (TPSA) is 75.7 Å². The first-order valence-electron chi connectivity index (χ1n) is 8.77. The average Bonchev–Trinajstić information content (AvgIpc) is 2.66. The van der Waals surface area contributed by atoms with E-state index in [0.717, 1.165) is 4.31 Å². The first-order chi connectivity index (χ1) is 12.8. The molecule has 0 aliphatic rings. The van der Waals surface area contributed by atoms with E-state index in [1.54, 1.807) is 42.5 Å². The van der Waals surface area contributed by atoms with Crippen molar-refractivity contribution < 1.29 is 17.9 Å². The lowest BCUT2D eigenvalue weighted by Crippen LogP contribution is -2.45. The summed E-state index contributed by atoms with van der Waals surface area (Å²) in [4.78, 5) is 12.6. The molecule has 27 heavy (non-hydrogen) atoms. The van der Waals surface area contributed by atoms with Crippen LogP contribution in [0, 0.1) is 5.92 Å². The van der Waals surface area contributed by atoms with Crippen molar-refractivity contribution in [2.24, 2.45) is 5.92 Å². The van der Waals surface area contributed by atoms with Crippen LogP contribution in [0.25, 0.3) is 0 Å². The van der Waals surface area contributed by atoms with Crippen molar-refractivity contribution in [3.63, 3.8) is 0 Å². The lowest BCUT2D eigenvalue weighted by molar-refractivity contribution is -0.120. The van der Waals surface area contributed by atoms with Crippen LogP contribution in [-0.4, -0.2) is 34.0 Å². The number of carbonyl (C=O) groups is 1. The van der Waals surface area contributed by atoms with Gasteiger partial charge in [-0.15, -0.1) is 0 Å². The van der Waals surface area contributed by atoms with E-state index in [0.29, 0.717) is 11.4 Å². The molecular weight excluding hydrogens is 364 g/mol. The number of benzene rings is 2. The molecule has 0 saturated carbocycles. The van der Waals surface area contributed by atoms with Crippen molar-refractivity contribution in [1.29, 1.82) is 0 Å². The number of rotatable bonds is 8. The van der Waals surface area contributed by atoms with Crippen molar-refractivity contribution in [3.05, 3.63) is 54.6 Å². The summed E-state index contributed by atoms with van der Waals surface area (Å²) in [6.07, 6.45) is 0. The summed E-state index contributed by atoms with van der Waals surface area (Å²) in [5.74, 6) is 0.389. The second kappa shape index (κ2) is 8.90. The number of nitrogens with one attached hydrogen (secondary N) is 1. The summed E-state index contributed by atoms with van der Waals surface area (Å²) in [7, 11) is -2.41. The SMILES string of the molecule is COc1cccc(N(CC(=O)NC(C)C(C)C)S(=O)(=O)c2ccccc2)c1. The molecule has 1 N–H and O–H groups in total. The minimum Gasteiger partial charge on any atom is -0.497 e. The van der Waals surface area contributed by atoms with E-state index in [9.17, 15) is 13.2 Å². The number of anilines is 1. The largest absolute Gasteiger partial charge is 0.497 e. The van der Waals surface area contributed by atoms with E-state index in [4.69, 9.17) is 4.74 Å². The van der Waals surface area contributed by atoms with Gasteiger partial charge in [0.1, 0.15) is 12.3 Å². The van der Waals surface area contributed by atoms with Crippen LogP contribution in [0.2, 0.25) is 0 Å². The zero-order valence-corrected chi connectivity index (χ0v) is 16.9. The van der Waals surface area contributed by atoms with Crippen molar-refractivity contribution >= 4 is 21.6 Å². The van der Waals surface area contributed by atoms with Crippen LogP contribution in [0.4, 0.5) is 5.69 Å². The number of sulfonamides is 1. The zero-order valence-electron chi connectivity index (χ0n) is 16.0. The fourth-order valence-electron chi connectivity index (χ4n) is 2.40. The lowest BCUT2D eigenvalue weighted by Gasteiger charge is -2.26. The van der Waals surface area contributed by atoms with Crippen LogP contribution in [0.3, 0.4) is 0 Å². The predicted molar refractivity (Wildman–Crippen MR) is 106 cm³/mol. The highest BCUT2D eigenvalue weighted by molar-refractivity contribution is 7.92. The van der Waals surface area contributed by atoms with Crippen molar-refractivity contribution in [1.82, 2.24) is 5.32 Å². The third kappa shape index (κ3) is 5.23. The molecule has 0 fully saturated rings. The van der Waals surface area contributed by atoms with E-state index < -0.39 is 10.0 Å². The molecule has 1 amide bonds. The van der Waals surface area contributed by atoms with Gasteiger partial charge in [-0.05, 0) is 37.1 Å². The number of hydrogen-bond donors (Lipinski definition) is 1. The molecule has 146 valence electrons. The quantitative estimate of drug-likeness (QED) is 0.752. The first-order valence-corrected chi connectivity index (χ1v) is 10.2.